The van der Waals surface area contributed by atoms with Crippen LogP contribution in [0.1, 0.15) is 30.0 Å². The third-order valence-electron chi connectivity index (χ3n) is 3.72. The summed E-state index contributed by atoms with van der Waals surface area (Å²) in [6, 6.07) is 12.0. The molecule has 0 saturated heterocycles. The monoisotopic (exact) mass is 376 g/mol. The highest BCUT2D eigenvalue weighted by molar-refractivity contribution is 9.10. The van der Waals surface area contributed by atoms with Crippen LogP contribution in [0.15, 0.2) is 40.9 Å². The lowest BCUT2D eigenvalue weighted by atomic mass is 10.0. The van der Waals surface area contributed by atoms with Crippen LogP contribution in [0.5, 0.6) is 11.5 Å². The molecule has 2 rings (SSSR count). The summed E-state index contributed by atoms with van der Waals surface area (Å²) in [7, 11) is 1.41. The van der Waals surface area contributed by atoms with Crippen molar-refractivity contribution in [2.75, 3.05) is 7.11 Å². The summed E-state index contributed by atoms with van der Waals surface area (Å²) >= 11 is 3.51. The third kappa shape index (κ3) is 5.10. The van der Waals surface area contributed by atoms with E-state index in [9.17, 15) is 4.79 Å². The molecule has 2 aromatic carbocycles. The van der Waals surface area contributed by atoms with Gasteiger partial charge in [-0.3, -0.25) is 4.79 Å². The van der Waals surface area contributed by atoms with E-state index >= 15 is 0 Å². The molecule has 0 atom stereocenters. The van der Waals surface area contributed by atoms with Crippen molar-refractivity contribution in [3.05, 3.63) is 57.6 Å². The van der Waals surface area contributed by atoms with Gasteiger partial charge in [0.05, 0.1) is 7.11 Å². The van der Waals surface area contributed by atoms with Crippen molar-refractivity contribution in [1.29, 1.82) is 0 Å². The second kappa shape index (κ2) is 8.16. The molecule has 0 fully saturated rings. The van der Waals surface area contributed by atoms with Gasteiger partial charge in [-0.15, -0.1) is 0 Å². The normalized spacial score (nSPS) is 10.4. The van der Waals surface area contributed by atoms with E-state index in [1.165, 1.54) is 12.7 Å². The van der Waals surface area contributed by atoms with E-state index in [2.05, 4.69) is 33.7 Å². The third-order valence-corrected chi connectivity index (χ3v) is 4.17. The molecule has 0 unspecified atom stereocenters. The first-order valence-corrected chi connectivity index (χ1v) is 8.44. The van der Waals surface area contributed by atoms with Gasteiger partial charge in [-0.1, -0.05) is 28.9 Å². The molecule has 122 valence electrons. The first kappa shape index (κ1) is 17.5. The van der Waals surface area contributed by atoms with Crippen LogP contribution in [-0.2, 0) is 22.4 Å². The number of ether oxygens (including phenoxy) is 2. The van der Waals surface area contributed by atoms with Gasteiger partial charge in [0.2, 0.25) is 0 Å². The maximum atomic E-state index is 11.2. The van der Waals surface area contributed by atoms with E-state index in [4.69, 9.17) is 4.74 Å². The molecule has 2 aromatic rings. The van der Waals surface area contributed by atoms with E-state index in [0.29, 0.717) is 12.8 Å². The van der Waals surface area contributed by atoms with Gasteiger partial charge in [-0.05, 0) is 66.8 Å². The fourth-order valence-corrected chi connectivity index (χ4v) is 2.89. The number of esters is 1. The number of carbonyl (C=O) groups excluding carboxylic acids is 1. The molecule has 0 bridgehead atoms. The fourth-order valence-electron chi connectivity index (χ4n) is 2.37. The summed E-state index contributed by atoms with van der Waals surface area (Å²) in [5.41, 5.74) is 3.46. The predicted octanol–water partition coefficient (Wildman–Crippen LogP) is 5.22. The van der Waals surface area contributed by atoms with E-state index in [1.54, 1.807) is 0 Å². The molecule has 0 spiro atoms. The van der Waals surface area contributed by atoms with E-state index < -0.39 is 0 Å². The minimum Gasteiger partial charge on any atom is -0.469 e. The summed E-state index contributed by atoms with van der Waals surface area (Å²) < 4.78 is 11.7. The molecule has 0 saturated carbocycles. The Morgan fingerprint density at radius 2 is 1.91 bits per heavy atom. The first-order chi connectivity index (χ1) is 11.0. The Labute approximate surface area is 145 Å². The van der Waals surface area contributed by atoms with Crippen LogP contribution in [0.2, 0.25) is 0 Å². The molecule has 0 N–H and O–H groups in total. The smallest absolute Gasteiger partial charge is 0.305 e. The van der Waals surface area contributed by atoms with Gasteiger partial charge in [0.25, 0.3) is 0 Å². The molecule has 0 aliphatic rings. The minimum absolute atomic E-state index is 0.189. The zero-order chi connectivity index (χ0) is 16.8. The molecule has 0 radical (unpaired) electrons. The Balaban J connectivity index is 2.11. The van der Waals surface area contributed by atoms with Crippen molar-refractivity contribution < 1.29 is 14.3 Å². The average Bonchev–Trinajstić information content (AvgIpc) is 2.53. The SMILES string of the molecule is CCc1cc(Br)cc(Oc2ccc(CCC(=O)OC)c(C)c2)c1. The van der Waals surface area contributed by atoms with E-state index in [0.717, 1.165) is 33.5 Å². The summed E-state index contributed by atoms with van der Waals surface area (Å²) in [6.45, 7) is 4.14. The van der Waals surface area contributed by atoms with Crippen LogP contribution in [-0.4, -0.2) is 13.1 Å². The largest absolute Gasteiger partial charge is 0.469 e. The average molecular weight is 377 g/mol. The maximum Gasteiger partial charge on any atom is 0.305 e. The Hall–Kier alpha value is -1.81. The molecule has 23 heavy (non-hydrogen) atoms. The number of hydrogen-bond acceptors (Lipinski definition) is 3. The van der Waals surface area contributed by atoms with Crippen molar-refractivity contribution in [1.82, 2.24) is 0 Å². The number of halogens is 1. The van der Waals surface area contributed by atoms with Crippen LogP contribution < -0.4 is 4.74 Å². The van der Waals surface area contributed by atoms with E-state index in [1.807, 2.05) is 37.3 Å². The summed E-state index contributed by atoms with van der Waals surface area (Å²) in [6.07, 6.45) is 2.03. The Kier molecular flexibility index (Phi) is 6.22. The van der Waals surface area contributed by atoms with Gasteiger partial charge < -0.3 is 9.47 Å². The minimum atomic E-state index is -0.189. The van der Waals surface area contributed by atoms with Gasteiger partial charge in [0, 0.05) is 10.9 Å². The summed E-state index contributed by atoms with van der Waals surface area (Å²) in [5, 5.41) is 0. The summed E-state index contributed by atoms with van der Waals surface area (Å²) in [4.78, 5) is 11.2. The lowest BCUT2D eigenvalue weighted by Crippen LogP contribution is -2.02. The van der Waals surface area contributed by atoms with Crippen molar-refractivity contribution in [2.45, 2.75) is 33.1 Å². The number of methoxy groups -OCH3 is 1. The topological polar surface area (TPSA) is 35.5 Å². The van der Waals surface area contributed by atoms with Crippen molar-refractivity contribution >= 4 is 21.9 Å². The van der Waals surface area contributed by atoms with Gasteiger partial charge in [0.1, 0.15) is 11.5 Å². The molecule has 0 aliphatic heterocycles. The number of benzene rings is 2. The Morgan fingerprint density at radius 3 is 2.57 bits per heavy atom. The zero-order valence-corrected chi connectivity index (χ0v) is 15.3. The first-order valence-electron chi connectivity index (χ1n) is 7.65. The van der Waals surface area contributed by atoms with Gasteiger partial charge >= 0.3 is 5.97 Å². The van der Waals surface area contributed by atoms with Crippen LogP contribution in [0.3, 0.4) is 0 Å². The van der Waals surface area contributed by atoms with Crippen molar-refractivity contribution in [3.63, 3.8) is 0 Å². The highest BCUT2D eigenvalue weighted by atomic mass is 79.9. The fraction of sp³-hybridized carbons (Fsp3) is 0.316. The van der Waals surface area contributed by atoms with Crippen molar-refractivity contribution in [2.24, 2.45) is 0 Å². The molecular weight excluding hydrogens is 356 g/mol. The number of hydrogen-bond donors (Lipinski definition) is 0. The lowest BCUT2D eigenvalue weighted by Gasteiger charge is -2.11. The molecule has 0 heterocycles. The molecule has 4 heteroatoms. The van der Waals surface area contributed by atoms with Gasteiger partial charge in [-0.25, -0.2) is 0 Å². The predicted molar refractivity (Wildman–Crippen MR) is 95.1 cm³/mol. The molecule has 0 aliphatic carbocycles. The van der Waals surface area contributed by atoms with Crippen LogP contribution in [0.4, 0.5) is 0 Å². The lowest BCUT2D eigenvalue weighted by molar-refractivity contribution is -0.140. The van der Waals surface area contributed by atoms with Crippen molar-refractivity contribution in [3.8, 4) is 11.5 Å². The second-order valence-electron chi connectivity index (χ2n) is 5.42. The molecule has 3 nitrogen and oxygen atoms in total. The summed E-state index contributed by atoms with van der Waals surface area (Å²) in [5.74, 6) is 1.42. The van der Waals surface area contributed by atoms with Gasteiger partial charge in [0.15, 0.2) is 0 Å². The number of carbonyl (C=O) groups is 1. The van der Waals surface area contributed by atoms with Crippen LogP contribution >= 0.6 is 15.9 Å². The van der Waals surface area contributed by atoms with E-state index in [-0.39, 0.29) is 5.97 Å². The Bertz CT molecular complexity index is 695. The molecule has 0 amide bonds. The number of aryl methyl sites for hydroxylation is 3. The zero-order valence-electron chi connectivity index (χ0n) is 13.7. The number of rotatable bonds is 6. The highest BCUT2D eigenvalue weighted by Gasteiger charge is 2.07. The Morgan fingerprint density at radius 1 is 1.13 bits per heavy atom. The molecule has 0 aromatic heterocycles. The van der Waals surface area contributed by atoms with Crippen LogP contribution in [0, 0.1) is 6.92 Å². The molecular formula is C19H21BrO3. The van der Waals surface area contributed by atoms with Gasteiger partial charge in [-0.2, -0.15) is 0 Å². The second-order valence-corrected chi connectivity index (χ2v) is 6.33. The van der Waals surface area contributed by atoms with Crippen LogP contribution in [0.25, 0.3) is 0 Å². The maximum absolute atomic E-state index is 11.2. The highest BCUT2D eigenvalue weighted by Crippen LogP contribution is 2.28. The quantitative estimate of drug-likeness (QED) is 0.648. The standard InChI is InChI=1S/C19H21BrO3/c1-4-14-10-16(20)12-18(11-14)23-17-7-5-15(13(2)9-17)6-8-19(21)22-3/h5,7,9-12H,4,6,8H2,1-3H3.